The summed E-state index contributed by atoms with van der Waals surface area (Å²) in [7, 11) is 0. The molecule has 0 aromatic rings. The molecule has 0 aromatic carbocycles. The Kier molecular flexibility index (Phi) is 3.53. The molecule has 0 amide bonds. The molecule has 24 heavy (non-hydrogen) atoms. The van der Waals surface area contributed by atoms with Crippen molar-refractivity contribution < 1.29 is 9.59 Å². The summed E-state index contributed by atoms with van der Waals surface area (Å²) in [5.74, 6) is 2.65. The third-order valence-electron chi connectivity index (χ3n) is 8.04. The molecule has 0 aromatic heterocycles. The summed E-state index contributed by atoms with van der Waals surface area (Å²) in [5, 5.41) is 0. The quantitative estimate of drug-likeness (QED) is 0.700. The minimum Gasteiger partial charge on any atom is -0.303 e. The normalized spacial score (nSPS) is 47.5. The number of allylic oxidation sites excluding steroid dienone is 6. The zero-order valence-electron chi connectivity index (χ0n) is 15.0. The highest BCUT2D eigenvalue weighted by Crippen LogP contribution is 2.65. The van der Waals surface area contributed by atoms with E-state index in [9.17, 15) is 9.59 Å². The lowest BCUT2D eigenvalue weighted by Gasteiger charge is -2.55. The van der Waals surface area contributed by atoms with Gasteiger partial charge in [-0.05, 0) is 72.5 Å². The monoisotopic (exact) mass is 324 g/mol. The van der Waals surface area contributed by atoms with Crippen molar-refractivity contribution in [1.29, 1.82) is 0 Å². The summed E-state index contributed by atoms with van der Waals surface area (Å²) < 4.78 is 0. The van der Waals surface area contributed by atoms with Crippen LogP contribution in [-0.4, -0.2) is 12.1 Å². The van der Waals surface area contributed by atoms with Crippen molar-refractivity contribution in [3.05, 3.63) is 36.0 Å². The molecule has 0 spiro atoms. The molecule has 1 unspecified atom stereocenters. The van der Waals surface area contributed by atoms with Crippen LogP contribution in [0.2, 0.25) is 0 Å². The van der Waals surface area contributed by atoms with Gasteiger partial charge in [0.05, 0.1) is 0 Å². The lowest BCUT2D eigenvalue weighted by Crippen LogP contribution is -2.48. The highest BCUT2D eigenvalue weighted by Gasteiger charge is 2.58. The van der Waals surface area contributed by atoms with Gasteiger partial charge in [0.1, 0.15) is 6.29 Å². The minimum atomic E-state index is 0.00299. The lowest BCUT2D eigenvalue weighted by molar-refractivity contribution is -0.114. The maximum Gasteiger partial charge on any atom is 0.178 e. The molecule has 128 valence electrons. The predicted octanol–water partition coefficient (Wildman–Crippen LogP) is 4.52. The first-order valence-corrected chi connectivity index (χ1v) is 9.49. The van der Waals surface area contributed by atoms with Gasteiger partial charge in [0.2, 0.25) is 0 Å². The van der Waals surface area contributed by atoms with Crippen LogP contribution in [0.4, 0.5) is 0 Å². The number of rotatable bonds is 2. The van der Waals surface area contributed by atoms with E-state index in [2.05, 4.69) is 39.0 Å². The molecule has 2 saturated carbocycles. The van der Waals surface area contributed by atoms with E-state index in [1.165, 1.54) is 37.5 Å². The molecule has 4 aliphatic carbocycles. The van der Waals surface area contributed by atoms with E-state index < -0.39 is 0 Å². The topological polar surface area (TPSA) is 34.1 Å². The number of hydrogen-bond donors (Lipinski definition) is 0. The fraction of sp³-hybridized carbons (Fsp3) is 0.636. The Balaban J connectivity index is 1.71. The average Bonchev–Trinajstić information content (AvgIpc) is 2.92. The Morgan fingerprint density at radius 1 is 1.17 bits per heavy atom. The SMILES string of the molecule is CC(C=O)[C@H]1CC[C@H]2[C@@H]3C=CC4=CC(=O)C=C[C@]4(C)[C@H]3CC[C@]12C. The fourth-order valence-electron chi connectivity index (χ4n) is 6.65. The summed E-state index contributed by atoms with van der Waals surface area (Å²) in [5.41, 5.74) is 1.48. The molecular weight excluding hydrogens is 296 g/mol. The van der Waals surface area contributed by atoms with Gasteiger partial charge in [-0.2, -0.15) is 0 Å². The number of ketones is 1. The van der Waals surface area contributed by atoms with Crippen LogP contribution < -0.4 is 0 Å². The van der Waals surface area contributed by atoms with Crippen molar-refractivity contribution in [3.8, 4) is 0 Å². The molecule has 2 nitrogen and oxygen atoms in total. The third kappa shape index (κ3) is 2.01. The van der Waals surface area contributed by atoms with Crippen LogP contribution in [0.25, 0.3) is 0 Å². The molecule has 0 saturated heterocycles. The van der Waals surface area contributed by atoms with Gasteiger partial charge in [0, 0.05) is 11.3 Å². The summed E-state index contributed by atoms with van der Waals surface area (Å²) in [6, 6.07) is 0. The van der Waals surface area contributed by atoms with Gasteiger partial charge in [0.15, 0.2) is 5.78 Å². The Bertz CT molecular complexity index is 669. The molecule has 4 aliphatic rings. The highest BCUT2D eigenvalue weighted by atomic mass is 16.1. The van der Waals surface area contributed by atoms with Gasteiger partial charge < -0.3 is 4.79 Å². The lowest BCUT2D eigenvalue weighted by atomic mass is 9.49. The first-order valence-electron chi connectivity index (χ1n) is 9.49. The highest BCUT2D eigenvalue weighted by molar-refractivity contribution is 6.01. The summed E-state index contributed by atoms with van der Waals surface area (Å²) >= 11 is 0. The Hall–Kier alpha value is -1.44. The maximum atomic E-state index is 11.8. The van der Waals surface area contributed by atoms with Crippen LogP contribution in [0, 0.1) is 40.4 Å². The van der Waals surface area contributed by atoms with Crippen molar-refractivity contribution >= 4 is 12.1 Å². The number of fused-ring (bicyclic) bond motifs is 5. The molecule has 0 N–H and O–H groups in total. The number of hydrogen-bond acceptors (Lipinski definition) is 2. The van der Waals surface area contributed by atoms with Gasteiger partial charge in [-0.15, -0.1) is 0 Å². The van der Waals surface area contributed by atoms with Crippen LogP contribution in [-0.2, 0) is 9.59 Å². The standard InChI is InChI=1S/C22H28O2/c1-14(13-23)18-6-7-19-17-5-4-15-12-16(24)8-10-21(15,2)20(17)9-11-22(18,19)3/h4-5,8,10,12-14,17-20H,6-7,9,11H2,1-3H3/t14?,17-,18+,19-,20-,21-,22+/m0/s1. The molecule has 7 atom stereocenters. The van der Waals surface area contributed by atoms with E-state index in [4.69, 9.17) is 0 Å². The molecule has 0 radical (unpaired) electrons. The van der Waals surface area contributed by atoms with Crippen molar-refractivity contribution in [2.75, 3.05) is 0 Å². The molecule has 4 rings (SSSR count). The third-order valence-corrected chi connectivity index (χ3v) is 8.04. The van der Waals surface area contributed by atoms with E-state index in [1.807, 2.05) is 6.08 Å². The van der Waals surface area contributed by atoms with Gasteiger partial charge >= 0.3 is 0 Å². The van der Waals surface area contributed by atoms with Gasteiger partial charge in [0.25, 0.3) is 0 Å². The van der Waals surface area contributed by atoms with E-state index in [1.54, 1.807) is 6.08 Å². The van der Waals surface area contributed by atoms with Crippen molar-refractivity contribution in [1.82, 2.24) is 0 Å². The van der Waals surface area contributed by atoms with E-state index in [0.29, 0.717) is 23.7 Å². The zero-order valence-corrected chi connectivity index (χ0v) is 15.0. The zero-order chi connectivity index (χ0) is 17.1. The minimum absolute atomic E-state index is 0.00299. The number of carbonyl (C=O) groups is 2. The first-order chi connectivity index (χ1) is 11.4. The van der Waals surface area contributed by atoms with Crippen molar-refractivity contribution in [2.24, 2.45) is 40.4 Å². The molecule has 0 bridgehead atoms. The molecule has 0 aliphatic heterocycles. The Labute approximate surface area is 145 Å². The van der Waals surface area contributed by atoms with Gasteiger partial charge in [-0.1, -0.05) is 39.0 Å². The second-order valence-electron chi connectivity index (χ2n) is 8.99. The Morgan fingerprint density at radius 2 is 1.96 bits per heavy atom. The van der Waals surface area contributed by atoms with E-state index in [-0.39, 0.29) is 22.5 Å². The number of carbonyl (C=O) groups excluding carboxylic acids is 2. The average molecular weight is 324 g/mol. The van der Waals surface area contributed by atoms with Crippen LogP contribution >= 0.6 is 0 Å². The van der Waals surface area contributed by atoms with E-state index >= 15 is 0 Å². The maximum absolute atomic E-state index is 11.8. The first kappa shape index (κ1) is 16.1. The number of aldehydes is 1. The second-order valence-corrected chi connectivity index (χ2v) is 8.99. The summed E-state index contributed by atoms with van der Waals surface area (Å²) in [6.45, 7) is 6.85. The predicted molar refractivity (Wildman–Crippen MR) is 95.2 cm³/mol. The summed E-state index contributed by atoms with van der Waals surface area (Å²) in [4.78, 5) is 23.2. The van der Waals surface area contributed by atoms with Crippen LogP contribution in [0.5, 0.6) is 0 Å². The van der Waals surface area contributed by atoms with Crippen LogP contribution in [0.1, 0.15) is 46.5 Å². The largest absolute Gasteiger partial charge is 0.303 e. The van der Waals surface area contributed by atoms with Gasteiger partial charge in [-0.25, -0.2) is 0 Å². The summed E-state index contributed by atoms with van der Waals surface area (Å²) in [6.07, 6.45) is 16.3. The second kappa shape index (κ2) is 5.28. The molecule has 0 heterocycles. The van der Waals surface area contributed by atoms with Crippen LogP contribution in [0.3, 0.4) is 0 Å². The molecular formula is C22H28O2. The smallest absolute Gasteiger partial charge is 0.178 e. The molecule has 2 heteroatoms. The van der Waals surface area contributed by atoms with Gasteiger partial charge in [-0.3, -0.25) is 4.79 Å². The fourth-order valence-corrected chi connectivity index (χ4v) is 6.65. The van der Waals surface area contributed by atoms with Crippen molar-refractivity contribution in [2.45, 2.75) is 46.5 Å². The Morgan fingerprint density at radius 3 is 2.71 bits per heavy atom. The van der Waals surface area contributed by atoms with Crippen LogP contribution in [0.15, 0.2) is 36.0 Å². The van der Waals surface area contributed by atoms with E-state index in [0.717, 1.165) is 0 Å². The molecule has 2 fully saturated rings. The van der Waals surface area contributed by atoms with Crippen molar-refractivity contribution in [3.63, 3.8) is 0 Å².